The second-order valence-electron chi connectivity index (χ2n) is 5.64. The van der Waals surface area contributed by atoms with Crippen LogP contribution in [0.2, 0.25) is 0 Å². The van der Waals surface area contributed by atoms with Crippen LogP contribution in [0.3, 0.4) is 0 Å². The molecule has 0 aromatic carbocycles. The van der Waals surface area contributed by atoms with Crippen LogP contribution in [-0.2, 0) is 21.7 Å². The fourth-order valence-corrected chi connectivity index (χ4v) is 3.01. The first-order valence-electron chi connectivity index (χ1n) is 7.90. The van der Waals surface area contributed by atoms with Gasteiger partial charge in [-0.05, 0) is 19.8 Å². The minimum absolute atomic E-state index is 0.343. The molecule has 0 saturated heterocycles. The molecule has 1 aromatic heterocycles. The fraction of sp³-hybridized carbons (Fsp3) is 0.750. The zero-order chi connectivity index (χ0) is 15.1. The number of hydrogen-bond donors (Lipinski definition) is 1. The van der Waals surface area contributed by atoms with E-state index in [9.17, 15) is 0 Å². The lowest BCUT2D eigenvalue weighted by Gasteiger charge is -2.30. The number of aromatic nitrogens is 2. The highest BCUT2D eigenvalue weighted by atomic mass is 16.5. The molecule has 1 aliphatic carbocycles. The average Bonchev–Trinajstić information content (AvgIpc) is 2.74. The maximum absolute atomic E-state index is 5.92. The highest BCUT2D eigenvalue weighted by Crippen LogP contribution is 2.37. The first kappa shape index (κ1) is 16.2. The van der Waals surface area contributed by atoms with Crippen molar-refractivity contribution in [3.05, 3.63) is 17.6 Å². The predicted molar refractivity (Wildman–Crippen MR) is 83.3 cm³/mol. The van der Waals surface area contributed by atoms with E-state index in [0.717, 1.165) is 36.7 Å². The third-order valence-electron chi connectivity index (χ3n) is 4.14. The third kappa shape index (κ3) is 3.92. The molecule has 0 unspecified atom stereocenters. The molecule has 0 spiro atoms. The molecule has 0 aliphatic heterocycles. The van der Waals surface area contributed by atoms with Crippen molar-refractivity contribution in [2.24, 2.45) is 0 Å². The van der Waals surface area contributed by atoms with E-state index in [1.54, 1.807) is 14.2 Å². The Hall–Kier alpha value is -1.20. The molecule has 1 aliphatic rings. The third-order valence-corrected chi connectivity index (χ3v) is 4.14. The van der Waals surface area contributed by atoms with Gasteiger partial charge in [-0.2, -0.15) is 0 Å². The largest absolute Gasteiger partial charge is 0.378 e. The van der Waals surface area contributed by atoms with Crippen molar-refractivity contribution < 1.29 is 9.47 Å². The molecule has 118 valence electrons. The Balaban J connectivity index is 2.38. The fourth-order valence-electron chi connectivity index (χ4n) is 3.01. The SMILES string of the molecule is CCNc1cc(COC)nc(C2(OC)CCCCCC2)n1. The van der Waals surface area contributed by atoms with Gasteiger partial charge in [0.05, 0.1) is 12.3 Å². The lowest BCUT2D eigenvalue weighted by molar-refractivity contribution is -0.0354. The van der Waals surface area contributed by atoms with E-state index >= 15 is 0 Å². The van der Waals surface area contributed by atoms with E-state index in [2.05, 4.69) is 12.2 Å². The van der Waals surface area contributed by atoms with Crippen LogP contribution >= 0.6 is 0 Å². The van der Waals surface area contributed by atoms with Gasteiger partial charge in [0, 0.05) is 26.8 Å². The van der Waals surface area contributed by atoms with Crippen LogP contribution < -0.4 is 5.32 Å². The predicted octanol–water partition coefficient (Wildman–Crippen LogP) is 3.25. The van der Waals surface area contributed by atoms with Crippen LogP contribution in [0.25, 0.3) is 0 Å². The second-order valence-corrected chi connectivity index (χ2v) is 5.64. The molecule has 21 heavy (non-hydrogen) atoms. The molecule has 0 amide bonds. The van der Waals surface area contributed by atoms with Gasteiger partial charge in [-0.3, -0.25) is 0 Å². The lowest BCUT2D eigenvalue weighted by Crippen LogP contribution is -2.31. The maximum atomic E-state index is 5.92. The van der Waals surface area contributed by atoms with Crippen molar-refractivity contribution in [2.75, 3.05) is 26.1 Å². The summed E-state index contributed by atoms with van der Waals surface area (Å²) in [4.78, 5) is 9.42. The standard InChI is InChI=1S/C16H27N3O2/c1-4-17-14-11-13(12-20-2)18-15(19-14)16(21-3)9-7-5-6-8-10-16/h11H,4-10,12H2,1-3H3,(H,17,18,19). The Bertz CT molecular complexity index is 419. The van der Waals surface area contributed by atoms with Crippen LogP contribution in [-0.4, -0.2) is 30.7 Å². The number of nitrogens with one attached hydrogen (secondary N) is 1. The Kier molecular flexibility index (Phi) is 5.94. The molecule has 1 N–H and O–H groups in total. The van der Waals surface area contributed by atoms with E-state index in [-0.39, 0.29) is 5.60 Å². The summed E-state index contributed by atoms with van der Waals surface area (Å²) in [5.41, 5.74) is 0.559. The minimum Gasteiger partial charge on any atom is -0.378 e. The molecule has 5 heteroatoms. The molecule has 0 atom stereocenters. The summed E-state index contributed by atoms with van der Waals surface area (Å²) in [5.74, 6) is 1.66. The summed E-state index contributed by atoms with van der Waals surface area (Å²) in [6.45, 7) is 3.39. The van der Waals surface area contributed by atoms with Gasteiger partial charge in [0.15, 0.2) is 5.82 Å². The van der Waals surface area contributed by atoms with E-state index in [1.165, 1.54) is 25.7 Å². The summed E-state index contributed by atoms with van der Waals surface area (Å²) >= 11 is 0. The average molecular weight is 293 g/mol. The summed E-state index contributed by atoms with van der Waals surface area (Å²) in [6, 6.07) is 1.95. The zero-order valence-corrected chi connectivity index (χ0v) is 13.4. The lowest BCUT2D eigenvalue weighted by atomic mass is 9.93. The van der Waals surface area contributed by atoms with Crippen molar-refractivity contribution in [1.29, 1.82) is 0 Å². The molecule has 1 saturated carbocycles. The number of nitrogens with zero attached hydrogens (tertiary/aromatic N) is 2. The molecule has 1 fully saturated rings. The number of methoxy groups -OCH3 is 2. The van der Waals surface area contributed by atoms with Crippen LogP contribution in [0, 0.1) is 0 Å². The molecule has 0 bridgehead atoms. The van der Waals surface area contributed by atoms with Gasteiger partial charge in [-0.15, -0.1) is 0 Å². The van der Waals surface area contributed by atoms with E-state index in [0.29, 0.717) is 6.61 Å². The molecular formula is C16H27N3O2. The second kappa shape index (κ2) is 7.71. The van der Waals surface area contributed by atoms with Gasteiger partial charge >= 0.3 is 0 Å². The van der Waals surface area contributed by atoms with Crippen molar-refractivity contribution in [2.45, 2.75) is 57.7 Å². The van der Waals surface area contributed by atoms with Crippen molar-refractivity contribution in [3.8, 4) is 0 Å². The van der Waals surface area contributed by atoms with Crippen LogP contribution in [0.1, 0.15) is 57.0 Å². The topological polar surface area (TPSA) is 56.3 Å². The molecule has 1 aromatic rings. The Morgan fingerprint density at radius 2 is 1.86 bits per heavy atom. The molecular weight excluding hydrogens is 266 g/mol. The van der Waals surface area contributed by atoms with Crippen molar-refractivity contribution in [1.82, 2.24) is 9.97 Å². The Labute approximate surface area is 127 Å². The maximum Gasteiger partial charge on any atom is 0.162 e. The van der Waals surface area contributed by atoms with Gasteiger partial charge in [0.2, 0.25) is 0 Å². The first-order valence-corrected chi connectivity index (χ1v) is 7.90. The van der Waals surface area contributed by atoms with Crippen LogP contribution in [0.15, 0.2) is 6.07 Å². The zero-order valence-electron chi connectivity index (χ0n) is 13.4. The van der Waals surface area contributed by atoms with Gasteiger partial charge in [-0.25, -0.2) is 9.97 Å². The van der Waals surface area contributed by atoms with Gasteiger partial charge < -0.3 is 14.8 Å². The number of hydrogen-bond acceptors (Lipinski definition) is 5. The number of anilines is 1. The molecule has 5 nitrogen and oxygen atoms in total. The van der Waals surface area contributed by atoms with E-state index < -0.39 is 0 Å². The molecule has 0 radical (unpaired) electrons. The van der Waals surface area contributed by atoms with E-state index in [1.807, 2.05) is 6.07 Å². The van der Waals surface area contributed by atoms with Gasteiger partial charge in [0.25, 0.3) is 0 Å². The normalized spacial score (nSPS) is 18.2. The quantitative estimate of drug-likeness (QED) is 0.816. The Morgan fingerprint density at radius 1 is 1.14 bits per heavy atom. The van der Waals surface area contributed by atoms with Gasteiger partial charge in [-0.1, -0.05) is 25.7 Å². The minimum atomic E-state index is -0.343. The molecule has 1 heterocycles. The highest BCUT2D eigenvalue weighted by molar-refractivity contribution is 5.36. The summed E-state index contributed by atoms with van der Waals surface area (Å²) in [5, 5.41) is 3.28. The Morgan fingerprint density at radius 3 is 2.43 bits per heavy atom. The summed E-state index contributed by atoms with van der Waals surface area (Å²) in [6.07, 6.45) is 6.85. The monoisotopic (exact) mass is 293 g/mol. The van der Waals surface area contributed by atoms with Crippen LogP contribution in [0.4, 0.5) is 5.82 Å². The molecule has 2 rings (SSSR count). The summed E-state index contributed by atoms with van der Waals surface area (Å²) in [7, 11) is 3.47. The number of ether oxygens (including phenoxy) is 2. The van der Waals surface area contributed by atoms with Crippen molar-refractivity contribution >= 4 is 5.82 Å². The number of rotatable bonds is 6. The summed E-state index contributed by atoms with van der Waals surface area (Å²) < 4.78 is 11.2. The highest BCUT2D eigenvalue weighted by Gasteiger charge is 2.36. The van der Waals surface area contributed by atoms with Crippen LogP contribution in [0.5, 0.6) is 0 Å². The van der Waals surface area contributed by atoms with Gasteiger partial charge in [0.1, 0.15) is 11.4 Å². The first-order chi connectivity index (χ1) is 10.2. The smallest absolute Gasteiger partial charge is 0.162 e. The van der Waals surface area contributed by atoms with Crippen molar-refractivity contribution in [3.63, 3.8) is 0 Å². The van der Waals surface area contributed by atoms with E-state index in [4.69, 9.17) is 19.4 Å².